The predicted octanol–water partition coefficient (Wildman–Crippen LogP) is 2.44. The summed E-state index contributed by atoms with van der Waals surface area (Å²) in [6, 6.07) is 0.389. The predicted molar refractivity (Wildman–Crippen MR) is 64.8 cm³/mol. The Kier molecular flexibility index (Phi) is 5.66. The fraction of sp³-hybridized carbons (Fsp3) is 0.750. The molecule has 1 N–H and O–H groups in total. The van der Waals surface area contributed by atoms with Gasteiger partial charge in [0.2, 0.25) is 0 Å². The third-order valence-corrected chi connectivity index (χ3v) is 2.79. The van der Waals surface area contributed by atoms with Gasteiger partial charge in [-0.25, -0.2) is 4.68 Å². The van der Waals surface area contributed by atoms with E-state index in [4.69, 9.17) is 5.11 Å². The highest BCUT2D eigenvalue weighted by Crippen LogP contribution is 2.12. The molecular formula is C12H21N3O2. The van der Waals surface area contributed by atoms with E-state index in [1.165, 1.54) is 0 Å². The zero-order chi connectivity index (χ0) is 12.7. The second-order valence-corrected chi connectivity index (χ2v) is 4.43. The van der Waals surface area contributed by atoms with Crippen LogP contribution in [0.1, 0.15) is 57.7 Å². The number of aliphatic carboxylic acids is 1. The van der Waals surface area contributed by atoms with E-state index in [9.17, 15) is 4.79 Å². The second-order valence-electron chi connectivity index (χ2n) is 4.43. The minimum Gasteiger partial charge on any atom is -0.481 e. The zero-order valence-corrected chi connectivity index (χ0v) is 10.6. The van der Waals surface area contributed by atoms with Gasteiger partial charge in [0.25, 0.3) is 0 Å². The fourth-order valence-electron chi connectivity index (χ4n) is 1.78. The van der Waals surface area contributed by atoms with Crippen molar-refractivity contribution in [2.45, 2.75) is 58.4 Å². The molecule has 1 atom stereocenters. The lowest BCUT2D eigenvalue weighted by molar-refractivity contribution is -0.137. The average Bonchev–Trinajstić information content (AvgIpc) is 2.73. The Morgan fingerprint density at radius 1 is 1.53 bits per heavy atom. The lowest BCUT2D eigenvalue weighted by Gasteiger charge is -2.08. The van der Waals surface area contributed by atoms with Crippen LogP contribution in [0.4, 0.5) is 0 Å². The second kappa shape index (κ2) is 7.04. The van der Waals surface area contributed by atoms with Crippen molar-refractivity contribution < 1.29 is 9.90 Å². The molecule has 1 aromatic heterocycles. The maximum Gasteiger partial charge on any atom is 0.303 e. The number of aromatic nitrogens is 3. The first-order valence-corrected chi connectivity index (χ1v) is 6.26. The van der Waals surface area contributed by atoms with Gasteiger partial charge < -0.3 is 5.11 Å². The molecule has 96 valence electrons. The lowest BCUT2D eigenvalue weighted by Crippen LogP contribution is -2.05. The molecule has 0 aliphatic rings. The summed E-state index contributed by atoms with van der Waals surface area (Å²) in [6.45, 7) is 4.28. The van der Waals surface area contributed by atoms with Crippen molar-refractivity contribution in [3.8, 4) is 0 Å². The molecular weight excluding hydrogens is 218 g/mol. The summed E-state index contributed by atoms with van der Waals surface area (Å²) >= 11 is 0. The van der Waals surface area contributed by atoms with E-state index in [1.54, 1.807) is 0 Å². The molecule has 0 aromatic carbocycles. The molecule has 17 heavy (non-hydrogen) atoms. The summed E-state index contributed by atoms with van der Waals surface area (Å²) in [5, 5.41) is 16.7. The van der Waals surface area contributed by atoms with Gasteiger partial charge in [-0.3, -0.25) is 4.79 Å². The van der Waals surface area contributed by atoms with Crippen molar-refractivity contribution in [3.05, 3.63) is 11.9 Å². The molecule has 1 heterocycles. The molecule has 1 rings (SSSR count). The van der Waals surface area contributed by atoms with Crippen LogP contribution in [0.25, 0.3) is 0 Å². The lowest BCUT2D eigenvalue weighted by atomic mass is 10.1. The van der Waals surface area contributed by atoms with Crippen LogP contribution in [0.2, 0.25) is 0 Å². The summed E-state index contributed by atoms with van der Waals surface area (Å²) in [7, 11) is 0. The number of hydrogen-bond acceptors (Lipinski definition) is 3. The quantitative estimate of drug-likeness (QED) is 0.707. The van der Waals surface area contributed by atoms with Crippen LogP contribution in [0, 0.1) is 0 Å². The minimum atomic E-state index is -0.731. The highest BCUT2D eigenvalue weighted by Gasteiger charge is 2.07. The highest BCUT2D eigenvalue weighted by atomic mass is 16.4. The van der Waals surface area contributed by atoms with Crippen molar-refractivity contribution >= 4 is 5.97 Å². The standard InChI is InChI=1S/C12H21N3O2/c1-3-6-10(2)15-9-11(13-14-15)7-4-5-8-12(16)17/h9-10H,3-8H2,1-2H3,(H,16,17). The molecule has 0 saturated heterocycles. The first kappa shape index (κ1) is 13.7. The molecule has 0 spiro atoms. The Labute approximate surface area is 102 Å². The highest BCUT2D eigenvalue weighted by molar-refractivity contribution is 5.66. The van der Waals surface area contributed by atoms with E-state index in [0.29, 0.717) is 12.5 Å². The molecule has 5 heteroatoms. The van der Waals surface area contributed by atoms with Crippen molar-refractivity contribution in [1.82, 2.24) is 15.0 Å². The van der Waals surface area contributed by atoms with Crippen LogP contribution in [0.3, 0.4) is 0 Å². The molecule has 0 saturated carbocycles. The van der Waals surface area contributed by atoms with Gasteiger partial charge in [0.1, 0.15) is 0 Å². The maximum absolute atomic E-state index is 10.3. The Morgan fingerprint density at radius 3 is 2.94 bits per heavy atom. The summed E-state index contributed by atoms with van der Waals surface area (Å²) in [4.78, 5) is 10.3. The average molecular weight is 239 g/mol. The van der Waals surface area contributed by atoms with Gasteiger partial charge in [-0.05, 0) is 32.6 Å². The number of carboxylic acid groups (broad SMARTS) is 1. The fourth-order valence-corrected chi connectivity index (χ4v) is 1.78. The number of rotatable bonds is 8. The summed E-state index contributed by atoms with van der Waals surface area (Å²) in [5.74, 6) is -0.731. The zero-order valence-electron chi connectivity index (χ0n) is 10.6. The van der Waals surface area contributed by atoms with Crippen LogP contribution >= 0.6 is 0 Å². The number of aryl methyl sites for hydroxylation is 1. The van der Waals surface area contributed by atoms with E-state index in [2.05, 4.69) is 24.2 Å². The van der Waals surface area contributed by atoms with E-state index >= 15 is 0 Å². The SMILES string of the molecule is CCCC(C)n1cc(CCCCC(=O)O)nn1. The molecule has 0 radical (unpaired) electrons. The smallest absolute Gasteiger partial charge is 0.303 e. The number of nitrogens with zero attached hydrogens (tertiary/aromatic N) is 3. The first-order chi connectivity index (χ1) is 8.13. The summed E-state index contributed by atoms with van der Waals surface area (Å²) in [5.41, 5.74) is 0.957. The molecule has 0 fully saturated rings. The van der Waals surface area contributed by atoms with Gasteiger partial charge in [-0.15, -0.1) is 5.10 Å². The summed E-state index contributed by atoms with van der Waals surface area (Å²) in [6.07, 6.45) is 6.81. The van der Waals surface area contributed by atoms with Gasteiger partial charge in [0.15, 0.2) is 0 Å². The monoisotopic (exact) mass is 239 g/mol. The number of hydrogen-bond donors (Lipinski definition) is 1. The molecule has 0 aliphatic carbocycles. The van der Waals surface area contributed by atoms with Crippen molar-refractivity contribution in [2.24, 2.45) is 0 Å². The normalized spacial score (nSPS) is 12.6. The van der Waals surface area contributed by atoms with Crippen molar-refractivity contribution in [3.63, 3.8) is 0 Å². The number of carboxylic acids is 1. The van der Waals surface area contributed by atoms with Gasteiger partial charge >= 0.3 is 5.97 Å². The van der Waals surface area contributed by atoms with Gasteiger partial charge in [0, 0.05) is 12.6 Å². The molecule has 5 nitrogen and oxygen atoms in total. The van der Waals surface area contributed by atoms with Crippen molar-refractivity contribution in [2.75, 3.05) is 0 Å². The van der Waals surface area contributed by atoms with Crippen LogP contribution in [0.15, 0.2) is 6.20 Å². The molecule has 1 unspecified atom stereocenters. The van der Waals surface area contributed by atoms with Gasteiger partial charge in [0.05, 0.1) is 11.7 Å². The molecule has 0 amide bonds. The Bertz CT molecular complexity index is 349. The van der Waals surface area contributed by atoms with E-state index in [-0.39, 0.29) is 6.42 Å². The molecule has 0 aliphatic heterocycles. The molecule has 1 aromatic rings. The van der Waals surface area contributed by atoms with E-state index < -0.39 is 5.97 Å². The molecule has 0 bridgehead atoms. The first-order valence-electron chi connectivity index (χ1n) is 6.26. The van der Waals surface area contributed by atoms with Gasteiger partial charge in [-0.2, -0.15) is 0 Å². The third-order valence-electron chi connectivity index (χ3n) is 2.79. The third kappa shape index (κ3) is 4.97. The largest absolute Gasteiger partial charge is 0.481 e. The van der Waals surface area contributed by atoms with Crippen LogP contribution in [-0.2, 0) is 11.2 Å². The van der Waals surface area contributed by atoms with Crippen molar-refractivity contribution in [1.29, 1.82) is 0 Å². The van der Waals surface area contributed by atoms with Crippen LogP contribution < -0.4 is 0 Å². The topological polar surface area (TPSA) is 68.0 Å². The Balaban J connectivity index is 2.32. The minimum absolute atomic E-state index is 0.236. The van der Waals surface area contributed by atoms with Crippen LogP contribution in [-0.4, -0.2) is 26.1 Å². The maximum atomic E-state index is 10.3. The van der Waals surface area contributed by atoms with E-state index in [1.807, 2.05) is 10.9 Å². The van der Waals surface area contributed by atoms with E-state index in [0.717, 1.165) is 31.4 Å². The summed E-state index contributed by atoms with van der Waals surface area (Å²) < 4.78 is 1.90. The van der Waals surface area contributed by atoms with Crippen LogP contribution in [0.5, 0.6) is 0 Å². The number of carbonyl (C=O) groups is 1. The Hall–Kier alpha value is -1.39. The van der Waals surface area contributed by atoms with Gasteiger partial charge in [-0.1, -0.05) is 18.6 Å². The number of unbranched alkanes of at least 4 members (excludes halogenated alkanes) is 1. The Morgan fingerprint density at radius 2 is 2.29 bits per heavy atom.